The molecule has 4 heteroatoms. The van der Waals surface area contributed by atoms with Crippen LogP contribution in [0.1, 0.15) is 10.8 Å². The van der Waals surface area contributed by atoms with Crippen molar-refractivity contribution in [2.45, 2.75) is 10.1 Å². The van der Waals surface area contributed by atoms with Gasteiger partial charge in [-0.1, -0.05) is 30.3 Å². The lowest BCUT2D eigenvalue weighted by molar-refractivity contribution is -0.109. The summed E-state index contributed by atoms with van der Waals surface area (Å²) in [5, 5.41) is 2.94. The van der Waals surface area contributed by atoms with Crippen LogP contribution in [0, 0.1) is 0 Å². The van der Waals surface area contributed by atoms with Crippen molar-refractivity contribution in [2.75, 3.05) is 13.7 Å². The number of methoxy groups -OCH3 is 1. The van der Waals surface area contributed by atoms with Gasteiger partial charge in [-0.3, -0.25) is 4.79 Å². The minimum Gasteiger partial charge on any atom is -0.497 e. The van der Waals surface area contributed by atoms with Gasteiger partial charge in [0.15, 0.2) is 0 Å². The van der Waals surface area contributed by atoms with Crippen LogP contribution in [0.15, 0.2) is 59.5 Å². The summed E-state index contributed by atoms with van der Waals surface area (Å²) in [7, 11) is 1.65. The number of ether oxygens (including phenoxy) is 1. The van der Waals surface area contributed by atoms with Crippen molar-refractivity contribution >= 4 is 18.2 Å². The number of amides is 1. The van der Waals surface area contributed by atoms with Gasteiger partial charge in [0.05, 0.1) is 12.4 Å². The van der Waals surface area contributed by atoms with Gasteiger partial charge < -0.3 is 10.1 Å². The Morgan fingerprint density at radius 1 is 1.15 bits per heavy atom. The van der Waals surface area contributed by atoms with Crippen LogP contribution >= 0.6 is 11.8 Å². The van der Waals surface area contributed by atoms with Gasteiger partial charge in [-0.25, -0.2) is 0 Å². The quantitative estimate of drug-likeness (QED) is 0.627. The fourth-order valence-electron chi connectivity index (χ4n) is 1.86. The van der Waals surface area contributed by atoms with E-state index >= 15 is 0 Å². The summed E-state index contributed by atoms with van der Waals surface area (Å²) in [5.74, 6) is 0.834. The van der Waals surface area contributed by atoms with Gasteiger partial charge in [0.1, 0.15) is 5.75 Å². The molecule has 0 aliphatic heterocycles. The summed E-state index contributed by atoms with van der Waals surface area (Å²) in [6.45, 7) is 0.593. The van der Waals surface area contributed by atoms with Crippen LogP contribution < -0.4 is 10.1 Å². The van der Waals surface area contributed by atoms with E-state index in [4.69, 9.17) is 4.74 Å². The normalized spacial score (nSPS) is 11.7. The van der Waals surface area contributed by atoms with Crippen LogP contribution in [0.3, 0.4) is 0 Å². The molecule has 1 atom stereocenters. The number of carbonyl (C=O) groups is 1. The van der Waals surface area contributed by atoms with Crippen LogP contribution in [0.2, 0.25) is 0 Å². The number of rotatable bonds is 7. The number of hydrogen-bond donors (Lipinski definition) is 1. The van der Waals surface area contributed by atoms with Gasteiger partial charge in [0.25, 0.3) is 0 Å². The number of nitrogens with one attached hydrogen (secondary N) is 1. The van der Waals surface area contributed by atoms with Crippen molar-refractivity contribution in [1.29, 1.82) is 0 Å². The fourth-order valence-corrected chi connectivity index (χ4v) is 2.98. The molecule has 0 aliphatic carbocycles. The van der Waals surface area contributed by atoms with Crippen molar-refractivity contribution in [3.63, 3.8) is 0 Å². The highest BCUT2D eigenvalue weighted by atomic mass is 32.2. The van der Waals surface area contributed by atoms with Gasteiger partial charge in [-0.2, -0.15) is 0 Å². The zero-order chi connectivity index (χ0) is 14.2. The molecule has 0 radical (unpaired) electrons. The van der Waals surface area contributed by atoms with E-state index < -0.39 is 0 Å². The molecule has 0 bridgehead atoms. The SMILES string of the molecule is COc1ccc(C(CNC=O)Sc2ccccc2)cc1. The standard InChI is InChI=1S/C16H17NO2S/c1-19-14-9-7-13(8-10-14)16(11-17-12-18)20-15-5-3-2-4-6-15/h2-10,12,16H,11H2,1H3,(H,17,18). The van der Waals surface area contributed by atoms with E-state index in [0.717, 1.165) is 17.7 Å². The maximum atomic E-state index is 10.6. The minimum absolute atomic E-state index is 0.175. The van der Waals surface area contributed by atoms with E-state index in [1.54, 1.807) is 18.9 Å². The lowest BCUT2D eigenvalue weighted by Gasteiger charge is -2.17. The molecule has 3 nitrogen and oxygen atoms in total. The number of hydrogen-bond acceptors (Lipinski definition) is 3. The second kappa shape index (κ2) is 7.60. The molecule has 0 heterocycles. The largest absolute Gasteiger partial charge is 0.497 e. The zero-order valence-corrected chi connectivity index (χ0v) is 12.1. The minimum atomic E-state index is 0.175. The Balaban J connectivity index is 2.15. The predicted molar refractivity (Wildman–Crippen MR) is 82.1 cm³/mol. The van der Waals surface area contributed by atoms with E-state index in [9.17, 15) is 4.79 Å². The van der Waals surface area contributed by atoms with Crippen molar-refractivity contribution in [2.24, 2.45) is 0 Å². The topological polar surface area (TPSA) is 38.3 Å². The first-order chi connectivity index (χ1) is 9.83. The Kier molecular flexibility index (Phi) is 5.50. The molecule has 0 spiro atoms. The van der Waals surface area contributed by atoms with Crippen molar-refractivity contribution in [1.82, 2.24) is 5.32 Å². The molecule has 0 aliphatic rings. The van der Waals surface area contributed by atoms with Gasteiger partial charge >= 0.3 is 0 Å². The molecule has 1 amide bonds. The molecular formula is C16H17NO2S. The molecule has 1 unspecified atom stereocenters. The molecular weight excluding hydrogens is 270 g/mol. The first-order valence-electron chi connectivity index (χ1n) is 6.36. The highest BCUT2D eigenvalue weighted by molar-refractivity contribution is 7.99. The first-order valence-corrected chi connectivity index (χ1v) is 7.24. The Hall–Kier alpha value is -1.94. The second-order valence-corrected chi connectivity index (χ2v) is 5.49. The number of benzene rings is 2. The van der Waals surface area contributed by atoms with Crippen LogP contribution in [0.25, 0.3) is 0 Å². The summed E-state index contributed by atoms with van der Waals surface area (Å²) >= 11 is 1.73. The Bertz CT molecular complexity index is 528. The average Bonchev–Trinajstić information content (AvgIpc) is 2.52. The van der Waals surface area contributed by atoms with Gasteiger partial charge in [-0.05, 0) is 29.8 Å². The lowest BCUT2D eigenvalue weighted by atomic mass is 10.1. The Morgan fingerprint density at radius 3 is 2.45 bits per heavy atom. The molecule has 2 aromatic rings. The third-order valence-corrected chi connectivity index (χ3v) is 4.16. The van der Waals surface area contributed by atoms with E-state index in [0.29, 0.717) is 6.54 Å². The lowest BCUT2D eigenvalue weighted by Crippen LogP contribution is -2.18. The van der Waals surface area contributed by atoms with E-state index in [1.165, 1.54) is 4.90 Å². The van der Waals surface area contributed by atoms with Crippen LogP contribution in [-0.2, 0) is 4.79 Å². The number of thioether (sulfide) groups is 1. The highest BCUT2D eigenvalue weighted by Crippen LogP contribution is 2.35. The summed E-state index contributed by atoms with van der Waals surface area (Å²) in [5.41, 5.74) is 1.16. The van der Waals surface area contributed by atoms with Gasteiger partial charge in [0, 0.05) is 11.4 Å². The smallest absolute Gasteiger partial charge is 0.207 e. The zero-order valence-electron chi connectivity index (χ0n) is 11.3. The highest BCUT2D eigenvalue weighted by Gasteiger charge is 2.13. The molecule has 20 heavy (non-hydrogen) atoms. The van der Waals surface area contributed by atoms with Crippen LogP contribution in [0.5, 0.6) is 5.75 Å². The number of carbonyl (C=O) groups excluding carboxylic acids is 1. The third kappa shape index (κ3) is 4.03. The molecule has 0 aromatic heterocycles. The second-order valence-electron chi connectivity index (χ2n) is 4.22. The fraction of sp³-hybridized carbons (Fsp3) is 0.188. The first kappa shape index (κ1) is 14.5. The molecule has 2 aromatic carbocycles. The molecule has 2 rings (SSSR count). The van der Waals surface area contributed by atoms with Crippen LogP contribution in [-0.4, -0.2) is 20.1 Å². The van der Waals surface area contributed by atoms with Crippen molar-refractivity contribution < 1.29 is 9.53 Å². The van der Waals surface area contributed by atoms with Gasteiger partial charge in [-0.15, -0.1) is 11.8 Å². The average molecular weight is 287 g/mol. The summed E-state index contributed by atoms with van der Waals surface area (Å²) < 4.78 is 5.17. The van der Waals surface area contributed by atoms with E-state index in [-0.39, 0.29) is 5.25 Å². The van der Waals surface area contributed by atoms with Crippen molar-refractivity contribution in [3.05, 3.63) is 60.2 Å². The van der Waals surface area contributed by atoms with E-state index in [2.05, 4.69) is 17.4 Å². The summed E-state index contributed by atoms with van der Waals surface area (Å²) in [4.78, 5) is 11.7. The molecule has 0 saturated heterocycles. The summed E-state index contributed by atoms with van der Waals surface area (Å²) in [6, 6.07) is 18.1. The monoisotopic (exact) mass is 287 g/mol. The molecule has 0 saturated carbocycles. The third-order valence-electron chi connectivity index (χ3n) is 2.90. The molecule has 104 valence electrons. The Morgan fingerprint density at radius 2 is 1.85 bits per heavy atom. The predicted octanol–water partition coefficient (Wildman–Crippen LogP) is 3.27. The molecule has 0 fully saturated rings. The van der Waals surface area contributed by atoms with Crippen LogP contribution in [0.4, 0.5) is 0 Å². The summed E-state index contributed by atoms with van der Waals surface area (Å²) in [6.07, 6.45) is 0.738. The van der Waals surface area contributed by atoms with Gasteiger partial charge in [0.2, 0.25) is 6.41 Å². The maximum Gasteiger partial charge on any atom is 0.207 e. The molecule has 1 N–H and O–H groups in total. The maximum absolute atomic E-state index is 10.6. The van der Waals surface area contributed by atoms with E-state index in [1.807, 2.05) is 42.5 Å². The van der Waals surface area contributed by atoms with Crippen molar-refractivity contribution in [3.8, 4) is 5.75 Å². The Labute approximate surface area is 123 Å².